The number of allylic oxidation sites excluding steroid dienone is 2. The van der Waals surface area contributed by atoms with Crippen molar-refractivity contribution in [1.82, 2.24) is 0 Å². The Kier molecular flexibility index (Phi) is 6.05. The Balaban J connectivity index is 3.35. The fourth-order valence-corrected chi connectivity index (χ4v) is 1.42. The second kappa shape index (κ2) is 6.29. The van der Waals surface area contributed by atoms with Crippen LogP contribution in [0.2, 0.25) is 0 Å². The van der Waals surface area contributed by atoms with Gasteiger partial charge in [-0.3, -0.25) is 0 Å². The summed E-state index contributed by atoms with van der Waals surface area (Å²) in [5.41, 5.74) is 2.49. The lowest BCUT2D eigenvalue weighted by atomic mass is 10.3. The summed E-state index contributed by atoms with van der Waals surface area (Å²) in [6.07, 6.45) is 4.04. The van der Waals surface area contributed by atoms with Crippen LogP contribution in [-0.2, 0) is 0 Å². The predicted octanol–water partition coefficient (Wildman–Crippen LogP) is 3.43. The van der Waals surface area contributed by atoms with Crippen LogP contribution in [-0.4, -0.2) is 11.5 Å². The third-order valence-electron chi connectivity index (χ3n) is 1.19. The van der Waals surface area contributed by atoms with E-state index in [-0.39, 0.29) is 0 Å². The van der Waals surface area contributed by atoms with Crippen LogP contribution < -0.4 is 0 Å². The monoisotopic (exact) mass is 168 g/mol. The van der Waals surface area contributed by atoms with Gasteiger partial charge in [0, 0.05) is 11.5 Å². The minimum absolute atomic E-state index is 0.993. The molecule has 0 saturated carbocycles. The molecule has 0 nitrogen and oxygen atoms in total. The first-order valence-corrected chi connectivity index (χ1v) is 4.83. The summed E-state index contributed by atoms with van der Waals surface area (Å²) in [6.45, 7) is 11.7. The highest BCUT2D eigenvalue weighted by atomic mass is 32.2. The molecule has 0 heterocycles. The molecule has 0 aromatic carbocycles. The lowest BCUT2D eigenvalue weighted by Crippen LogP contribution is -1.81. The number of hydrogen-bond acceptors (Lipinski definition) is 1. The molecule has 62 valence electrons. The Morgan fingerprint density at radius 3 is 2.55 bits per heavy atom. The molecule has 0 amide bonds. The molecule has 11 heavy (non-hydrogen) atoms. The van der Waals surface area contributed by atoms with Crippen molar-refractivity contribution in [1.29, 1.82) is 0 Å². The summed E-state index contributed by atoms with van der Waals surface area (Å²) >= 11 is 1.87. The van der Waals surface area contributed by atoms with Gasteiger partial charge in [0.25, 0.3) is 0 Å². The molecule has 0 N–H and O–H groups in total. The van der Waals surface area contributed by atoms with Crippen LogP contribution in [0.3, 0.4) is 0 Å². The van der Waals surface area contributed by atoms with Crippen molar-refractivity contribution in [3.63, 3.8) is 0 Å². The molecule has 0 atom stereocenters. The quantitative estimate of drug-likeness (QED) is 0.344. The van der Waals surface area contributed by atoms with Gasteiger partial charge in [0.1, 0.15) is 0 Å². The van der Waals surface area contributed by atoms with Gasteiger partial charge in [-0.15, -0.1) is 0 Å². The maximum atomic E-state index is 3.83. The van der Waals surface area contributed by atoms with Gasteiger partial charge in [-0.1, -0.05) is 30.9 Å². The van der Waals surface area contributed by atoms with Crippen LogP contribution in [0.4, 0.5) is 0 Å². The van der Waals surface area contributed by atoms with E-state index < -0.39 is 0 Å². The first-order chi connectivity index (χ1) is 5.16. The van der Waals surface area contributed by atoms with Crippen molar-refractivity contribution in [2.45, 2.75) is 13.8 Å². The van der Waals surface area contributed by atoms with E-state index in [2.05, 4.69) is 33.1 Å². The number of rotatable bonds is 5. The van der Waals surface area contributed by atoms with Crippen LogP contribution in [0, 0.1) is 0 Å². The first-order valence-electron chi connectivity index (χ1n) is 3.68. The minimum Gasteiger partial charge on any atom is -0.153 e. The van der Waals surface area contributed by atoms with E-state index in [4.69, 9.17) is 0 Å². The lowest BCUT2D eigenvalue weighted by Gasteiger charge is -1.96. The van der Waals surface area contributed by atoms with Crippen molar-refractivity contribution < 1.29 is 0 Å². The molecule has 0 aromatic rings. The molecule has 0 aliphatic rings. The van der Waals surface area contributed by atoms with Crippen molar-refractivity contribution >= 4 is 11.8 Å². The summed E-state index contributed by atoms with van der Waals surface area (Å²) in [6, 6.07) is 0. The summed E-state index contributed by atoms with van der Waals surface area (Å²) < 4.78 is 0. The van der Waals surface area contributed by atoms with Gasteiger partial charge >= 0.3 is 0 Å². The van der Waals surface area contributed by atoms with E-state index in [1.165, 1.54) is 5.57 Å². The molecule has 0 rings (SSSR count). The largest absolute Gasteiger partial charge is 0.153 e. The predicted molar refractivity (Wildman–Crippen MR) is 56.1 cm³/mol. The fraction of sp³-hybridized carbons (Fsp3) is 0.400. The molecule has 0 bridgehead atoms. The zero-order valence-electron chi connectivity index (χ0n) is 7.39. The van der Waals surface area contributed by atoms with Crippen LogP contribution >= 0.6 is 11.8 Å². The van der Waals surface area contributed by atoms with E-state index in [9.17, 15) is 0 Å². The average Bonchev–Trinajstić information content (AvgIpc) is 1.97. The Morgan fingerprint density at radius 1 is 1.45 bits per heavy atom. The second-order valence-electron chi connectivity index (χ2n) is 2.66. The second-order valence-corrected chi connectivity index (χ2v) is 3.69. The molecule has 0 aliphatic heterocycles. The Morgan fingerprint density at radius 2 is 2.09 bits per heavy atom. The van der Waals surface area contributed by atoms with Crippen LogP contribution in [0.5, 0.6) is 0 Å². The van der Waals surface area contributed by atoms with Gasteiger partial charge in [0.15, 0.2) is 0 Å². The fourth-order valence-electron chi connectivity index (χ4n) is 0.475. The van der Waals surface area contributed by atoms with Crippen molar-refractivity contribution in [2.75, 3.05) is 11.5 Å². The molecule has 0 unspecified atom stereocenters. The van der Waals surface area contributed by atoms with Gasteiger partial charge in [0.05, 0.1) is 0 Å². The molecule has 0 spiro atoms. The van der Waals surface area contributed by atoms with Crippen molar-refractivity contribution in [3.8, 4) is 0 Å². The van der Waals surface area contributed by atoms with Crippen LogP contribution in [0.25, 0.3) is 0 Å². The van der Waals surface area contributed by atoms with Gasteiger partial charge in [-0.2, -0.15) is 11.8 Å². The molecule has 0 radical (unpaired) electrons. The molecule has 1 heteroatoms. The molecular weight excluding hydrogens is 152 g/mol. The smallest absolute Gasteiger partial charge is 0.0181 e. The van der Waals surface area contributed by atoms with Crippen molar-refractivity contribution in [2.24, 2.45) is 0 Å². The van der Waals surface area contributed by atoms with Gasteiger partial charge < -0.3 is 0 Å². The standard InChI is InChI=1S/C10H16S/c1-5-10(4)8-11-7-6-9(2)3/h5-6H,1,4,7-8H2,2-3H3. The van der Waals surface area contributed by atoms with E-state index in [1.54, 1.807) is 0 Å². The third kappa shape index (κ3) is 7.47. The first kappa shape index (κ1) is 10.6. The molecular formula is C10H16S. The SMILES string of the molecule is C=CC(=C)CSCC=C(C)C. The topological polar surface area (TPSA) is 0 Å². The number of hydrogen-bond donors (Lipinski definition) is 0. The Bertz CT molecular complexity index is 162. The van der Waals surface area contributed by atoms with Crippen LogP contribution in [0.15, 0.2) is 36.5 Å². The molecule has 0 saturated heterocycles. The number of thioether (sulfide) groups is 1. The Labute approximate surface area is 74.1 Å². The maximum absolute atomic E-state index is 3.83. The highest BCUT2D eigenvalue weighted by molar-refractivity contribution is 7.99. The average molecular weight is 168 g/mol. The summed E-state index contributed by atoms with van der Waals surface area (Å²) in [5, 5.41) is 0. The highest BCUT2D eigenvalue weighted by Crippen LogP contribution is 2.07. The van der Waals surface area contributed by atoms with E-state index in [0.29, 0.717) is 0 Å². The van der Waals surface area contributed by atoms with Gasteiger partial charge in [-0.05, 0) is 19.4 Å². The van der Waals surface area contributed by atoms with Gasteiger partial charge in [-0.25, -0.2) is 0 Å². The van der Waals surface area contributed by atoms with E-state index in [1.807, 2.05) is 17.8 Å². The van der Waals surface area contributed by atoms with Gasteiger partial charge in [0.2, 0.25) is 0 Å². The normalized spacial score (nSPS) is 8.91. The van der Waals surface area contributed by atoms with Crippen LogP contribution in [0.1, 0.15) is 13.8 Å². The Hall–Kier alpha value is -0.430. The highest BCUT2D eigenvalue weighted by Gasteiger charge is 1.87. The minimum atomic E-state index is 0.993. The maximum Gasteiger partial charge on any atom is 0.0181 e. The molecule has 0 aliphatic carbocycles. The van der Waals surface area contributed by atoms with E-state index >= 15 is 0 Å². The lowest BCUT2D eigenvalue weighted by molar-refractivity contribution is 1.37. The third-order valence-corrected chi connectivity index (χ3v) is 2.16. The zero-order chi connectivity index (χ0) is 8.69. The molecule has 0 aromatic heterocycles. The summed E-state index contributed by atoms with van der Waals surface area (Å²) in [4.78, 5) is 0. The van der Waals surface area contributed by atoms with E-state index in [0.717, 1.165) is 17.1 Å². The summed E-state index contributed by atoms with van der Waals surface area (Å²) in [5.74, 6) is 2.07. The molecule has 0 fully saturated rings. The summed E-state index contributed by atoms with van der Waals surface area (Å²) in [7, 11) is 0. The van der Waals surface area contributed by atoms with Crippen molar-refractivity contribution in [3.05, 3.63) is 36.5 Å². The zero-order valence-corrected chi connectivity index (χ0v) is 8.21.